The monoisotopic (exact) mass is 338 g/mol. The van der Waals surface area contributed by atoms with Crippen LogP contribution in [0.4, 0.5) is 4.39 Å². The lowest BCUT2D eigenvalue weighted by molar-refractivity contribution is 0.0955. The van der Waals surface area contributed by atoms with E-state index in [0.29, 0.717) is 6.54 Å². The first-order chi connectivity index (χ1) is 12.1. The smallest absolute Gasteiger partial charge is 0.251 e. The second kappa shape index (κ2) is 8.08. The molecule has 4 heteroatoms. The standard InChI is InChI=1S/C21H23FN2O/c1-16-4-2-3-5-20(16)21(25)23-14-17-10-12-24(13-11-17)15-18-6-8-19(22)9-7-18/h2-10H,11-15H2,1H3,(H,23,25). The van der Waals surface area contributed by atoms with Crippen molar-refractivity contribution in [2.24, 2.45) is 0 Å². The second-order valence-electron chi connectivity index (χ2n) is 6.47. The van der Waals surface area contributed by atoms with E-state index in [2.05, 4.69) is 16.3 Å². The molecule has 130 valence electrons. The molecule has 0 bridgehead atoms. The van der Waals surface area contributed by atoms with Crippen molar-refractivity contribution in [1.29, 1.82) is 0 Å². The van der Waals surface area contributed by atoms with Crippen molar-refractivity contribution in [3.8, 4) is 0 Å². The molecule has 0 spiro atoms. The van der Waals surface area contributed by atoms with Gasteiger partial charge in [0.25, 0.3) is 5.91 Å². The zero-order chi connectivity index (χ0) is 17.6. The number of nitrogens with one attached hydrogen (secondary N) is 1. The summed E-state index contributed by atoms with van der Waals surface area (Å²) in [5, 5.41) is 3.01. The van der Waals surface area contributed by atoms with Gasteiger partial charge in [0.15, 0.2) is 0 Å². The van der Waals surface area contributed by atoms with Gasteiger partial charge in [0.2, 0.25) is 0 Å². The molecule has 0 radical (unpaired) electrons. The van der Waals surface area contributed by atoms with Gasteiger partial charge in [0.05, 0.1) is 0 Å². The SMILES string of the molecule is Cc1ccccc1C(=O)NCC1=CCN(Cc2ccc(F)cc2)CC1. The number of carbonyl (C=O) groups excluding carboxylic acids is 1. The molecule has 0 saturated heterocycles. The van der Waals surface area contributed by atoms with Crippen LogP contribution in [0.1, 0.15) is 27.9 Å². The number of halogens is 1. The summed E-state index contributed by atoms with van der Waals surface area (Å²) in [5.74, 6) is -0.221. The van der Waals surface area contributed by atoms with Crippen molar-refractivity contribution in [2.45, 2.75) is 19.9 Å². The fourth-order valence-electron chi connectivity index (χ4n) is 3.02. The number of amides is 1. The highest BCUT2D eigenvalue weighted by Gasteiger charge is 2.14. The van der Waals surface area contributed by atoms with E-state index in [1.165, 1.54) is 17.7 Å². The van der Waals surface area contributed by atoms with Crippen LogP contribution in [-0.2, 0) is 6.54 Å². The molecule has 3 nitrogen and oxygen atoms in total. The molecule has 1 amide bonds. The van der Waals surface area contributed by atoms with Gasteiger partial charge in [-0.15, -0.1) is 0 Å². The number of aryl methyl sites for hydroxylation is 1. The van der Waals surface area contributed by atoms with Crippen LogP contribution in [0, 0.1) is 12.7 Å². The van der Waals surface area contributed by atoms with Crippen molar-refractivity contribution in [1.82, 2.24) is 10.2 Å². The fourth-order valence-corrected chi connectivity index (χ4v) is 3.02. The Morgan fingerprint density at radius 1 is 1.16 bits per heavy atom. The van der Waals surface area contributed by atoms with E-state index in [9.17, 15) is 9.18 Å². The van der Waals surface area contributed by atoms with Gasteiger partial charge in [-0.2, -0.15) is 0 Å². The third kappa shape index (κ3) is 4.77. The molecule has 0 atom stereocenters. The van der Waals surface area contributed by atoms with E-state index in [-0.39, 0.29) is 11.7 Å². The van der Waals surface area contributed by atoms with Gasteiger partial charge in [0, 0.05) is 31.7 Å². The van der Waals surface area contributed by atoms with Gasteiger partial charge in [-0.05, 0) is 42.7 Å². The van der Waals surface area contributed by atoms with Crippen LogP contribution in [0.2, 0.25) is 0 Å². The van der Waals surface area contributed by atoms with Crippen LogP contribution in [0.15, 0.2) is 60.2 Å². The molecule has 0 unspecified atom stereocenters. The molecule has 25 heavy (non-hydrogen) atoms. The Labute approximate surface area is 148 Å². The highest BCUT2D eigenvalue weighted by Crippen LogP contribution is 2.14. The number of benzene rings is 2. The minimum absolute atomic E-state index is 0.0206. The van der Waals surface area contributed by atoms with Gasteiger partial charge in [0.1, 0.15) is 5.82 Å². The Kier molecular flexibility index (Phi) is 5.61. The molecule has 0 aromatic heterocycles. The molecule has 1 N–H and O–H groups in total. The Balaban J connectivity index is 1.49. The molecule has 0 fully saturated rings. The van der Waals surface area contributed by atoms with Crippen molar-refractivity contribution >= 4 is 5.91 Å². The zero-order valence-electron chi connectivity index (χ0n) is 14.5. The molecule has 3 rings (SSSR count). The summed E-state index contributed by atoms with van der Waals surface area (Å²) >= 11 is 0. The second-order valence-corrected chi connectivity index (χ2v) is 6.47. The Bertz CT molecular complexity index is 768. The quantitative estimate of drug-likeness (QED) is 0.843. The lowest BCUT2D eigenvalue weighted by Crippen LogP contribution is -2.32. The largest absolute Gasteiger partial charge is 0.348 e. The zero-order valence-corrected chi connectivity index (χ0v) is 14.5. The molecule has 0 saturated carbocycles. The first kappa shape index (κ1) is 17.4. The summed E-state index contributed by atoms with van der Waals surface area (Å²) in [6, 6.07) is 14.3. The first-order valence-corrected chi connectivity index (χ1v) is 8.60. The van der Waals surface area contributed by atoms with Gasteiger partial charge in [-0.1, -0.05) is 42.0 Å². The van der Waals surface area contributed by atoms with Gasteiger partial charge in [-0.25, -0.2) is 4.39 Å². The van der Waals surface area contributed by atoms with E-state index in [1.54, 1.807) is 0 Å². The molecule has 1 aliphatic heterocycles. The average Bonchev–Trinajstić information content (AvgIpc) is 2.63. The molecule has 2 aromatic rings. The molecular weight excluding hydrogens is 315 g/mol. The maximum Gasteiger partial charge on any atom is 0.251 e. The molecular formula is C21H23FN2O. The number of hydrogen-bond acceptors (Lipinski definition) is 2. The van der Waals surface area contributed by atoms with E-state index >= 15 is 0 Å². The van der Waals surface area contributed by atoms with E-state index in [0.717, 1.165) is 42.7 Å². The number of nitrogens with zero attached hydrogens (tertiary/aromatic N) is 1. The van der Waals surface area contributed by atoms with Gasteiger partial charge >= 0.3 is 0 Å². The van der Waals surface area contributed by atoms with Crippen molar-refractivity contribution in [3.05, 3.63) is 82.7 Å². The van der Waals surface area contributed by atoms with E-state index in [1.807, 2.05) is 43.3 Å². The Morgan fingerprint density at radius 2 is 1.92 bits per heavy atom. The summed E-state index contributed by atoms with van der Waals surface area (Å²) in [6.07, 6.45) is 3.13. The van der Waals surface area contributed by atoms with Crippen LogP contribution >= 0.6 is 0 Å². The van der Waals surface area contributed by atoms with Crippen molar-refractivity contribution < 1.29 is 9.18 Å². The average molecular weight is 338 g/mol. The minimum atomic E-state index is -0.200. The third-order valence-corrected chi connectivity index (χ3v) is 4.57. The predicted octanol–water partition coefficient (Wildman–Crippen LogP) is 3.70. The van der Waals surface area contributed by atoms with Crippen molar-refractivity contribution in [2.75, 3.05) is 19.6 Å². The molecule has 0 aliphatic carbocycles. The van der Waals surface area contributed by atoms with Crippen molar-refractivity contribution in [3.63, 3.8) is 0 Å². The van der Waals surface area contributed by atoms with E-state index < -0.39 is 0 Å². The molecule has 2 aromatic carbocycles. The first-order valence-electron chi connectivity index (χ1n) is 8.60. The van der Waals surface area contributed by atoms with Crippen LogP contribution < -0.4 is 5.32 Å². The van der Waals surface area contributed by atoms with Crippen LogP contribution in [-0.4, -0.2) is 30.4 Å². The fraction of sp³-hybridized carbons (Fsp3) is 0.286. The molecule has 1 aliphatic rings. The summed E-state index contributed by atoms with van der Waals surface area (Å²) in [4.78, 5) is 14.6. The lowest BCUT2D eigenvalue weighted by atomic mass is 10.1. The maximum atomic E-state index is 13.0. The van der Waals surface area contributed by atoms with Crippen LogP contribution in [0.5, 0.6) is 0 Å². The van der Waals surface area contributed by atoms with Crippen LogP contribution in [0.25, 0.3) is 0 Å². The highest BCUT2D eigenvalue weighted by atomic mass is 19.1. The lowest BCUT2D eigenvalue weighted by Gasteiger charge is -2.26. The summed E-state index contributed by atoms with van der Waals surface area (Å²) in [7, 11) is 0. The number of hydrogen-bond donors (Lipinski definition) is 1. The Morgan fingerprint density at radius 3 is 2.60 bits per heavy atom. The molecule has 1 heterocycles. The maximum absolute atomic E-state index is 13.0. The predicted molar refractivity (Wildman–Crippen MR) is 97.9 cm³/mol. The van der Waals surface area contributed by atoms with Gasteiger partial charge in [-0.3, -0.25) is 9.69 Å². The van der Waals surface area contributed by atoms with E-state index in [4.69, 9.17) is 0 Å². The number of carbonyl (C=O) groups is 1. The normalized spacial score (nSPS) is 14.9. The summed E-state index contributed by atoms with van der Waals surface area (Å²) in [6.45, 7) is 5.16. The minimum Gasteiger partial charge on any atom is -0.348 e. The van der Waals surface area contributed by atoms with Gasteiger partial charge < -0.3 is 5.32 Å². The summed E-state index contributed by atoms with van der Waals surface area (Å²) in [5.41, 5.74) is 4.10. The number of rotatable bonds is 5. The Hall–Kier alpha value is -2.46. The summed E-state index contributed by atoms with van der Waals surface area (Å²) < 4.78 is 13.0. The van der Waals surface area contributed by atoms with Crippen LogP contribution in [0.3, 0.4) is 0 Å². The topological polar surface area (TPSA) is 32.3 Å². The third-order valence-electron chi connectivity index (χ3n) is 4.57. The highest BCUT2D eigenvalue weighted by molar-refractivity contribution is 5.95.